The average Bonchev–Trinajstić information content (AvgIpc) is 3.30. The van der Waals surface area contributed by atoms with Gasteiger partial charge in [-0.1, -0.05) is 12.1 Å². The highest BCUT2D eigenvalue weighted by Gasteiger charge is 2.44. The molecule has 1 aromatic heterocycles. The average molecular weight is 516 g/mol. The van der Waals surface area contributed by atoms with E-state index < -0.39 is 32.6 Å². The monoisotopic (exact) mass is 515 g/mol. The summed E-state index contributed by atoms with van der Waals surface area (Å²) in [6.07, 6.45) is -6.93. The van der Waals surface area contributed by atoms with Crippen LogP contribution in [0.3, 0.4) is 0 Å². The molecule has 3 aromatic rings. The van der Waals surface area contributed by atoms with Crippen LogP contribution in [0.5, 0.6) is 17.2 Å². The molecule has 1 radical (unpaired) electrons. The molecule has 34 heavy (non-hydrogen) atoms. The first kappa shape index (κ1) is 23.0. The van der Waals surface area contributed by atoms with Gasteiger partial charge in [0.05, 0.1) is 16.8 Å². The molecule has 1 atom stereocenters. The molecule has 2 heterocycles. The van der Waals surface area contributed by atoms with Crippen LogP contribution in [0.4, 0.5) is 22.0 Å². The van der Waals surface area contributed by atoms with Crippen LogP contribution < -0.4 is 19.1 Å². The number of rotatable bonds is 4. The van der Waals surface area contributed by atoms with Crippen LogP contribution in [0.1, 0.15) is 35.2 Å². The highest BCUT2D eigenvalue weighted by atomic mass is 35.5. The van der Waals surface area contributed by atoms with Crippen molar-refractivity contribution in [3.05, 3.63) is 59.4 Å². The Hall–Kier alpha value is -2.79. The quantitative estimate of drug-likeness (QED) is 0.253. The maximum atomic E-state index is 13.6. The highest BCUT2D eigenvalue weighted by molar-refractivity contribution is 6.66. The van der Waals surface area contributed by atoms with Crippen LogP contribution in [0.15, 0.2) is 42.5 Å². The lowest BCUT2D eigenvalue weighted by molar-refractivity contribution is -0.286. The van der Waals surface area contributed by atoms with Gasteiger partial charge in [-0.25, -0.2) is 4.68 Å². The van der Waals surface area contributed by atoms with Crippen LogP contribution in [0.25, 0.3) is 5.69 Å². The second-order valence-electron chi connectivity index (χ2n) is 7.97. The second-order valence-corrected chi connectivity index (χ2v) is 10.4. The third kappa shape index (κ3) is 4.22. The van der Waals surface area contributed by atoms with Gasteiger partial charge < -0.3 is 13.9 Å². The number of halogens is 6. The molecule has 1 aliphatic carbocycles. The lowest BCUT2D eigenvalue weighted by Gasteiger charge is -2.20. The lowest BCUT2D eigenvalue weighted by atomic mass is 9.95. The highest BCUT2D eigenvalue weighted by Crippen LogP contribution is 2.43. The van der Waals surface area contributed by atoms with Gasteiger partial charge in [0.15, 0.2) is 17.2 Å². The Kier molecular flexibility index (Phi) is 5.51. The van der Waals surface area contributed by atoms with Crippen molar-refractivity contribution >= 4 is 25.8 Å². The second kappa shape index (κ2) is 8.16. The van der Waals surface area contributed by atoms with Crippen molar-refractivity contribution in [2.75, 3.05) is 0 Å². The van der Waals surface area contributed by atoms with Gasteiger partial charge in [0.1, 0.15) is 5.75 Å². The van der Waals surface area contributed by atoms with Gasteiger partial charge in [-0.15, -0.1) is 20.4 Å². The minimum absolute atomic E-state index is 0.0647. The van der Waals surface area contributed by atoms with Gasteiger partial charge in [0.2, 0.25) is 0 Å². The van der Waals surface area contributed by atoms with Gasteiger partial charge in [-0.2, -0.15) is 18.3 Å². The Morgan fingerprint density at radius 2 is 1.91 bits per heavy atom. The first-order valence-electron chi connectivity index (χ1n) is 10.4. The summed E-state index contributed by atoms with van der Waals surface area (Å²) in [5.74, 6) is 0.252. The van der Waals surface area contributed by atoms with E-state index in [9.17, 15) is 22.0 Å². The summed E-state index contributed by atoms with van der Waals surface area (Å²) in [6, 6.07) is 11.0. The molecule has 0 fully saturated rings. The number of aromatic nitrogens is 2. The zero-order valence-electron chi connectivity index (χ0n) is 17.6. The predicted molar refractivity (Wildman–Crippen MR) is 115 cm³/mol. The van der Waals surface area contributed by atoms with E-state index in [1.807, 2.05) is 0 Å². The van der Waals surface area contributed by atoms with Crippen LogP contribution in [0, 0.1) is 0 Å². The Labute approximate surface area is 197 Å². The summed E-state index contributed by atoms with van der Waals surface area (Å²) >= 11 is 6.41. The summed E-state index contributed by atoms with van der Waals surface area (Å²) in [5.41, 5.74) is -0.0629. The Morgan fingerprint density at radius 1 is 1.15 bits per heavy atom. The summed E-state index contributed by atoms with van der Waals surface area (Å²) in [7, 11) is -1.74. The normalized spacial score (nSPS) is 18.8. The maximum Gasteiger partial charge on any atom is 0.586 e. The lowest BCUT2D eigenvalue weighted by Crippen LogP contribution is -2.33. The van der Waals surface area contributed by atoms with Crippen molar-refractivity contribution in [3.8, 4) is 22.9 Å². The summed E-state index contributed by atoms with van der Waals surface area (Å²) in [4.78, 5) is 0. The molecule has 0 spiro atoms. The standard InChI is InChI=1S/C22H17ClF5N2O3Si/c1-34(14-8-9-17-18(11-14)32-22(27,28)31-17)33-13-5-2-4-12(10-13)30-19-15(6-3-7-16(19)23)20(29-30)21(24,25)26/h2,4-5,8-11,16H,3,6-7H2,1H3. The van der Waals surface area contributed by atoms with Crippen molar-refractivity contribution in [2.24, 2.45) is 0 Å². The molecule has 5 nitrogen and oxygen atoms in total. The number of fused-ring (bicyclic) bond motifs is 2. The number of hydrogen-bond acceptors (Lipinski definition) is 4. The molecule has 0 bridgehead atoms. The topological polar surface area (TPSA) is 45.5 Å². The third-order valence-electron chi connectivity index (χ3n) is 5.61. The molecule has 0 saturated heterocycles. The molecule has 5 rings (SSSR count). The molecule has 2 aromatic carbocycles. The van der Waals surface area contributed by atoms with Crippen molar-refractivity contribution in [1.29, 1.82) is 0 Å². The number of hydrogen-bond donors (Lipinski definition) is 0. The van der Waals surface area contributed by atoms with E-state index in [1.54, 1.807) is 36.9 Å². The Bertz CT molecular complexity index is 1250. The Balaban J connectivity index is 1.44. The van der Waals surface area contributed by atoms with E-state index in [0.29, 0.717) is 35.2 Å². The van der Waals surface area contributed by atoms with Crippen LogP contribution in [-0.2, 0) is 12.6 Å². The number of alkyl halides is 6. The summed E-state index contributed by atoms with van der Waals surface area (Å²) in [5, 5.41) is 3.93. The molecule has 12 heteroatoms. The van der Waals surface area contributed by atoms with Crippen molar-refractivity contribution in [1.82, 2.24) is 9.78 Å². The SMILES string of the molecule is C[Si](Oc1cccc(-n2nc(C(F)(F)F)c3c2C(Cl)CCC3)c1)c1ccc2c(c1)OC(F)(F)O2. The molecule has 1 unspecified atom stereocenters. The van der Waals surface area contributed by atoms with E-state index in [-0.39, 0.29) is 23.5 Å². The molecular formula is C22H17ClF5N2O3Si. The van der Waals surface area contributed by atoms with E-state index >= 15 is 0 Å². The van der Waals surface area contributed by atoms with Crippen molar-refractivity contribution in [2.45, 2.75) is 43.7 Å². The minimum atomic E-state index is -4.59. The van der Waals surface area contributed by atoms with E-state index in [0.717, 1.165) is 0 Å². The molecule has 2 aliphatic rings. The Morgan fingerprint density at radius 3 is 2.68 bits per heavy atom. The fraction of sp³-hybridized carbons (Fsp3) is 0.318. The summed E-state index contributed by atoms with van der Waals surface area (Å²) < 4.78 is 83.6. The number of nitrogens with zero attached hydrogens (tertiary/aromatic N) is 2. The van der Waals surface area contributed by atoms with Crippen LogP contribution in [-0.4, -0.2) is 25.1 Å². The minimum Gasteiger partial charge on any atom is -0.537 e. The number of benzene rings is 2. The molecule has 0 amide bonds. The van der Waals surface area contributed by atoms with Crippen molar-refractivity contribution < 1.29 is 35.9 Å². The summed E-state index contributed by atoms with van der Waals surface area (Å²) in [6.45, 7) is 1.80. The molecule has 179 valence electrons. The fourth-order valence-electron chi connectivity index (χ4n) is 4.13. The molecule has 0 saturated carbocycles. The first-order chi connectivity index (χ1) is 16.0. The van der Waals surface area contributed by atoms with Gasteiger partial charge in [-0.05, 0) is 55.3 Å². The van der Waals surface area contributed by atoms with Crippen LogP contribution >= 0.6 is 11.6 Å². The number of ether oxygens (including phenoxy) is 2. The van der Waals surface area contributed by atoms with E-state index in [2.05, 4.69) is 14.6 Å². The first-order valence-corrected chi connectivity index (χ1v) is 12.7. The molecule has 0 N–H and O–H groups in total. The van der Waals surface area contributed by atoms with Gasteiger partial charge in [0, 0.05) is 11.6 Å². The van der Waals surface area contributed by atoms with Gasteiger partial charge in [0.25, 0.3) is 0 Å². The predicted octanol–water partition coefficient (Wildman–Crippen LogP) is 5.74. The third-order valence-corrected chi connectivity index (χ3v) is 7.70. The molecular weight excluding hydrogens is 499 g/mol. The largest absolute Gasteiger partial charge is 0.586 e. The van der Waals surface area contributed by atoms with Crippen LogP contribution in [0.2, 0.25) is 6.55 Å². The smallest absolute Gasteiger partial charge is 0.537 e. The van der Waals surface area contributed by atoms with E-state index in [4.69, 9.17) is 16.0 Å². The fourth-order valence-corrected chi connectivity index (χ4v) is 5.76. The zero-order chi connectivity index (χ0) is 24.3. The van der Waals surface area contributed by atoms with Crippen molar-refractivity contribution in [3.63, 3.8) is 0 Å². The van der Waals surface area contributed by atoms with Gasteiger partial charge in [-0.3, -0.25) is 0 Å². The maximum absolute atomic E-state index is 13.6. The van der Waals surface area contributed by atoms with E-state index in [1.165, 1.54) is 16.8 Å². The molecule has 1 aliphatic heterocycles. The van der Waals surface area contributed by atoms with Gasteiger partial charge >= 0.3 is 21.5 Å². The zero-order valence-corrected chi connectivity index (χ0v) is 19.4.